The van der Waals surface area contributed by atoms with Crippen molar-refractivity contribution in [2.24, 2.45) is 0 Å². The van der Waals surface area contributed by atoms with Gasteiger partial charge in [0.1, 0.15) is 16.2 Å². The Morgan fingerprint density at radius 3 is 2.77 bits per heavy atom. The van der Waals surface area contributed by atoms with E-state index in [2.05, 4.69) is 23.8 Å². The van der Waals surface area contributed by atoms with Crippen molar-refractivity contribution in [1.29, 1.82) is 0 Å². The number of thiophene rings is 1. The van der Waals surface area contributed by atoms with Gasteiger partial charge in [-0.25, -0.2) is 15.0 Å². The van der Waals surface area contributed by atoms with E-state index in [0.717, 1.165) is 43.7 Å². The lowest BCUT2D eigenvalue weighted by atomic mass is 9.86. The first kappa shape index (κ1) is 18.2. The molecular formula is C20H22ClN3S2. The molecule has 0 aromatic carbocycles. The summed E-state index contributed by atoms with van der Waals surface area (Å²) in [5.74, 6) is 1.27. The highest BCUT2D eigenvalue weighted by Crippen LogP contribution is 2.42. The summed E-state index contributed by atoms with van der Waals surface area (Å²) < 4.78 is 1.16. The number of halogens is 1. The van der Waals surface area contributed by atoms with Crippen molar-refractivity contribution in [2.45, 2.75) is 57.4 Å². The van der Waals surface area contributed by atoms with E-state index in [1.807, 2.05) is 13.0 Å². The number of allylic oxidation sites excluding steroid dienone is 1. The van der Waals surface area contributed by atoms with Gasteiger partial charge in [0.15, 0.2) is 0 Å². The standard InChI is InChI=1S/C20H22ClN3S2/c1-11(2)16-14-7-5-4-6-13(14)15-17-18(26-19(15)24-16)20(23-10-22-17)25-9-8-12(3)21/h8,10-11H,4-7,9H2,1-3H3. The third kappa shape index (κ3) is 3.25. The predicted octanol–water partition coefficient (Wildman–Crippen LogP) is 6.48. The van der Waals surface area contributed by atoms with Crippen LogP contribution in [0.15, 0.2) is 22.5 Å². The van der Waals surface area contributed by atoms with Crippen LogP contribution in [0.3, 0.4) is 0 Å². The maximum atomic E-state index is 5.96. The van der Waals surface area contributed by atoms with E-state index >= 15 is 0 Å². The molecular weight excluding hydrogens is 382 g/mol. The molecule has 6 heteroatoms. The number of hydrogen-bond acceptors (Lipinski definition) is 5. The smallest absolute Gasteiger partial charge is 0.126 e. The highest BCUT2D eigenvalue weighted by molar-refractivity contribution is 7.99. The number of nitrogens with zero attached hydrogens (tertiary/aromatic N) is 3. The summed E-state index contributed by atoms with van der Waals surface area (Å²) in [7, 11) is 0. The number of hydrogen-bond donors (Lipinski definition) is 0. The molecule has 0 saturated carbocycles. The maximum absolute atomic E-state index is 5.96. The van der Waals surface area contributed by atoms with Crippen LogP contribution in [0, 0.1) is 0 Å². The molecule has 0 N–H and O–H groups in total. The number of rotatable bonds is 4. The summed E-state index contributed by atoms with van der Waals surface area (Å²) in [5.41, 5.74) is 5.32. The average Bonchev–Trinajstić information content (AvgIpc) is 3.00. The van der Waals surface area contributed by atoms with Crippen LogP contribution >= 0.6 is 34.7 Å². The Hall–Kier alpha value is -1.17. The normalized spacial score (nSPS) is 15.2. The van der Waals surface area contributed by atoms with E-state index < -0.39 is 0 Å². The number of fused-ring (bicyclic) bond motifs is 5. The van der Waals surface area contributed by atoms with Crippen LogP contribution in [0.1, 0.15) is 56.4 Å². The molecule has 3 nitrogen and oxygen atoms in total. The maximum Gasteiger partial charge on any atom is 0.126 e. The Kier molecular flexibility index (Phi) is 5.22. The molecule has 0 fully saturated rings. The second kappa shape index (κ2) is 7.45. The highest BCUT2D eigenvalue weighted by atomic mass is 35.5. The molecule has 0 radical (unpaired) electrons. The van der Waals surface area contributed by atoms with Gasteiger partial charge in [-0.1, -0.05) is 31.5 Å². The quantitative estimate of drug-likeness (QED) is 0.369. The van der Waals surface area contributed by atoms with Gasteiger partial charge in [0, 0.05) is 21.9 Å². The minimum absolute atomic E-state index is 0.452. The van der Waals surface area contributed by atoms with Crippen molar-refractivity contribution in [2.75, 3.05) is 5.75 Å². The van der Waals surface area contributed by atoms with Crippen LogP contribution in [0.25, 0.3) is 20.4 Å². The van der Waals surface area contributed by atoms with Gasteiger partial charge in [0.2, 0.25) is 0 Å². The number of aryl methyl sites for hydroxylation is 1. The van der Waals surface area contributed by atoms with Gasteiger partial charge in [0.25, 0.3) is 0 Å². The number of thioether (sulfide) groups is 1. The molecule has 0 unspecified atom stereocenters. The van der Waals surface area contributed by atoms with Gasteiger partial charge >= 0.3 is 0 Å². The van der Waals surface area contributed by atoms with E-state index in [9.17, 15) is 0 Å². The molecule has 4 rings (SSSR count). The first-order valence-corrected chi connectivity index (χ1v) is 11.3. The molecule has 136 valence electrons. The van der Waals surface area contributed by atoms with E-state index in [-0.39, 0.29) is 0 Å². The summed E-state index contributed by atoms with van der Waals surface area (Å²) in [6.45, 7) is 6.40. The Balaban J connectivity index is 1.93. The van der Waals surface area contributed by atoms with E-state index in [0.29, 0.717) is 5.92 Å². The molecule has 0 atom stereocenters. The first-order chi connectivity index (χ1) is 12.6. The molecule has 0 amide bonds. The van der Waals surface area contributed by atoms with Crippen molar-refractivity contribution in [1.82, 2.24) is 15.0 Å². The molecule has 3 heterocycles. The third-order valence-electron chi connectivity index (χ3n) is 4.85. The molecule has 26 heavy (non-hydrogen) atoms. The van der Waals surface area contributed by atoms with Gasteiger partial charge in [-0.15, -0.1) is 23.1 Å². The van der Waals surface area contributed by atoms with Gasteiger partial charge in [-0.05, 0) is 49.7 Å². The van der Waals surface area contributed by atoms with Crippen molar-refractivity contribution in [3.05, 3.63) is 34.3 Å². The minimum atomic E-state index is 0.452. The molecule has 3 aromatic rings. The summed E-state index contributed by atoms with van der Waals surface area (Å²) in [6.07, 6.45) is 8.52. The molecule has 3 aromatic heterocycles. The Labute approximate surface area is 167 Å². The van der Waals surface area contributed by atoms with Crippen LogP contribution in [-0.2, 0) is 12.8 Å². The van der Waals surface area contributed by atoms with Crippen molar-refractivity contribution in [3.63, 3.8) is 0 Å². The monoisotopic (exact) mass is 403 g/mol. The number of pyridine rings is 1. The zero-order valence-electron chi connectivity index (χ0n) is 15.3. The van der Waals surface area contributed by atoms with Crippen LogP contribution in [0.4, 0.5) is 0 Å². The SMILES string of the molecule is CC(Cl)=CCSc1ncnc2c1sc1nc(C(C)C)c3c(c12)CCCC3. The molecule has 0 aliphatic heterocycles. The largest absolute Gasteiger partial charge is 0.241 e. The van der Waals surface area contributed by atoms with Gasteiger partial charge < -0.3 is 0 Å². The highest BCUT2D eigenvalue weighted by Gasteiger charge is 2.24. The van der Waals surface area contributed by atoms with Gasteiger partial charge in [-0.2, -0.15) is 0 Å². The Morgan fingerprint density at radius 2 is 2.04 bits per heavy atom. The fourth-order valence-electron chi connectivity index (χ4n) is 3.68. The molecule has 0 bridgehead atoms. The summed E-state index contributed by atoms with van der Waals surface area (Å²) in [4.78, 5) is 15.4. The average molecular weight is 404 g/mol. The topological polar surface area (TPSA) is 38.7 Å². The van der Waals surface area contributed by atoms with Crippen LogP contribution < -0.4 is 0 Å². The molecule has 1 aliphatic rings. The first-order valence-electron chi connectivity index (χ1n) is 9.10. The minimum Gasteiger partial charge on any atom is -0.241 e. The Bertz CT molecular complexity index is 1000. The Morgan fingerprint density at radius 1 is 1.27 bits per heavy atom. The fraction of sp³-hybridized carbons (Fsp3) is 0.450. The lowest BCUT2D eigenvalue weighted by Gasteiger charge is -2.21. The van der Waals surface area contributed by atoms with Crippen molar-refractivity contribution >= 4 is 55.1 Å². The van der Waals surface area contributed by atoms with E-state index in [1.54, 1.807) is 29.4 Å². The van der Waals surface area contributed by atoms with Crippen LogP contribution in [-0.4, -0.2) is 20.7 Å². The second-order valence-electron chi connectivity index (χ2n) is 7.06. The fourth-order valence-corrected chi connectivity index (χ4v) is 6.05. The third-order valence-corrected chi connectivity index (χ3v) is 7.13. The lowest BCUT2D eigenvalue weighted by Crippen LogP contribution is -2.10. The predicted molar refractivity (Wildman–Crippen MR) is 114 cm³/mol. The van der Waals surface area contributed by atoms with Crippen molar-refractivity contribution in [3.8, 4) is 0 Å². The summed E-state index contributed by atoms with van der Waals surface area (Å²) in [6, 6.07) is 0. The van der Waals surface area contributed by atoms with E-state index in [4.69, 9.17) is 16.6 Å². The van der Waals surface area contributed by atoms with Crippen molar-refractivity contribution < 1.29 is 0 Å². The van der Waals surface area contributed by atoms with Crippen LogP contribution in [0.5, 0.6) is 0 Å². The van der Waals surface area contributed by atoms with E-state index in [1.165, 1.54) is 35.0 Å². The number of aromatic nitrogens is 3. The molecule has 0 spiro atoms. The molecule has 0 saturated heterocycles. The van der Waals surface area contributed by atoms with Gasteiger partial charge in [-0.3, -0.25) is 0 Å². The summed E-state index contributed by atoms with van der Waals surface area (Å²) >= 11 is 9.41. The lowest BCUT2D eigenvalue weighted by molar-refractivity contribution is 0.667. The van der Waals surface area contributed by atoms with Crippen LogP contribution in [0.2, 0.25) is 0 Å². The summed E-state index contributed by atoms with van der Waals surface area (Å²) in [5, 5.41) is 3.12. The zero-order chi connectivity index (χ0) is 18.3. The molecule has 1 aliphatic carbocycles. The zero-order valence-corrected chi connectivity index (χ0v) is 17.7. The van der Waals surface area contributed by atoms with Gasteiger partial charge in [0.05, 0.1) is 10.2 Å². The second-order valence-corrected chi connectivity index (χ2v) is 9.66.